The van der Waals surface area contributed by atoms with Crippen LogP contribution in [0.2, 0.25) is 0 Å². The van der Waals surface area contributed by atoms with Gasteiger partial charge in [-0.25, -0.2) is 0 Å². The molecule has 0 radical (unpaired) electrons. The summed E-state index contributed by atoms with van der Waals surface area (Å²) in [6, 6.07) is 14.2. The number of likely N-dealkylation sites (N-methyl/N-ethyl adjacent to an activating group) is 1. The molecular formula is C22H30N2O3. The van der Waals surface area contributed by atoms with E-state index in [2.05, 4.69) is 41.4 Å². The van der Waals surface area contributed by atoms with Crippen molar-refractivity contribution in [1.29, 1.82) is 0 Å². The van der Waals surface area contributed by atoms with Crippen molar-refractivity contribution in [3.8, 4) is 11.5 Å². The third-order valence-corrected chi connectivity index (χ3v) is 4.73. The van der Waals surface area contributed by atoms with Gasteiger partial charge in [0.15, 0.2) is 0 Å². The smallest absolute Gasteiger partial charge is 0.224 e. The molecule has 0 aliphatic carbocycles. The van der Waals surface area contributed by atoms with Crippen LogP contribution in [-0.4, -0.2) is 45.7 Å². The van der Waals surface area contributed by atoms with Gasteiger partial charge in [0.25, 0.3) is 0 Å². The minimum atomic E-state index is -0.0319. The molecule has 2 aromatic carbocycles. The Hall–Kier alpha value is -2.53. The summed E-state index contributed by atoms with van der Waals surface area (Å²) in [7, 11) is 7.25. The van der Waals surface area contributed by atoms with E-state index in [1.165, 1.54) is 11.1 Å². The Morgan fingerprint density at radius 2 is 1.78 bits per heavy atom. The molecule has 0 saturated carbocycles. The average molecular weight is 370 g/mol. The largest absolute Gasteiger partial charge is 0.497 e. The van der Waals surface area contributed by atoms with Crippen LogP contribution >= 0.6 is 0 Å². The first-order valence-corrected chi connectivity index (χ1v) is 9.21. The summed E-state index contributed by atoms with van der Waals surface area (Å²) in [5.41, 5.74) is 3.34. The average Bonchev–Trinajstić information content (AvgIpc) is 2.68. The Kier molecular flexibility index (Phi) is 7.67. The molecule has 1 atom stereocenters. The normalized spacial score (nSPS) is 11.9. The zero-order valence-corrected chi connectivity index (χ0v) is 16.9. The van der Waals surface area contributed by atoms with Gasteiger partial charge in [-0.15, -0.1) is 0 Å². The van der Waals surface area contributed by atoms with E-state index in [1.807, 2.05) is 26.2 Å². The zero-order valence-electron chi connectivity index (χ0n) is 16.9. The van der Waals surface area contributed by atoms with Crippen molar-refractivity contribution in [1.82, 2.24) is 10.2 Å². The summed E-state index contributed by atoms with van der Waals surface area (Å²) in [4.78, 5) is 14.6. The Bertz CT molecular complexity index is 742. The first-order valence-electron chi connectivity index (χ1n) is 9.21. The molecule has 0 saturated heterocycles. The fourth-order valence-electron chi connectivity index (χ4n) is 3.02. The predicted octanol–water partition coefficient (Wildman–Crippen LogP) is 3.23. The van der Waals surface area contributed by atoms with E-state index in [9.17, 15) is 4.79 Å². The number of hydrogen-bond acceptors (Lipinski definition) is 4. The van der Waals surface area contributed by atoms with Gasteiger partial charge in [-0.05, 0) is 37.7 Å². The summed E-state index contributed by atoms with van der Waals surface area (Å²) < 4.78 is 10.6. The lowest BCUT2D eigenvalue weighted by Crippen LogP contribution is -2.35. The number of carbonyl (C=O) groups excluding carboxylic acids is 1. The summed E-state index contributed by atoms with van der Waals surface area (Å²) >= 11 is 0. The molecule has 2 aromatic rings. The molecule has 0 bridgehead atoms. The van der Waals surface area contributed by atoms with E-state index in [0.29, 0.717) is 18.0 Å². The fraction of sp³-hybridized carbons (Fsp3) is 0.409. The van der Waals surface area contributed by atoms with Gasteiger partial charge in [0.1, 0.15) is 11.5 Å². The topological polar surface area (TPSA) is 50.8 Å². The lowest BCUT2D eigenvalue weighted by Gasteiger charge is -2.25. The highest BCUT2D eigenvalue weighted by molar-refractivity contribution is 5.79. The molecule has 2 rings (SSSR count). The fourth-order valence-corrected chi connectivity index (χ4v) is 3.02. The van der Waals surface area contributed by atoms with Gasteiger partial charge < -0.3 is 19.7 Å². The molecule has 0 heterocycles. The van der Waals surface area contributed by atoms with Crippen LogP contribution in [0.1, 0.15) is 29.7 Å². The van der Waals surface area contributed by atoms with Crippen molar-refractivity contribution in [2.24, 2.45) is 0 Å². The number of hydrogen-bond donors (Lipinski definition) is 1. The second kappa shape index (κ2) is 9.97. The van der Waals surface area contributed by atoms with Crippen LogP contribution in [0.25, 0.3) is 0 Å². The van der Waals surface area contributed by atoms with E-state index < -0.39 is 0 Å². The van der Waals surface area contributed by atoms with Crippen molar-refractivity contribution in [3.63, 3.8) is 0 Å². The number of aryl methyl sites for hydroxylation is 1. The number of nitrogens with zero attached hydrogens (tertiary/aromatic N) is 1. The number of nitrogens with one attached hydrogen (secondary N) is 1. The molecule has 1 N–H and O–H groups in total. The van der Waals surface area contributed by atoms with Crippen LogP contribution in [0, 0.1) is 0 Å². The standard InChI is InChI=1S/C22H30N2O3/c1-6-16-7-9-17(10-8-16)20(24(2)3)15-23-22(25)13-18-11-12-19(26-4)14-21(18)27-5/h7-12,14,20H,6,13,15H2,1-5H3,(H,23,25). The van der Waals surface area contributed by atoms with Gasteiger partial charge in [0, 0.05) is 18.2 Å². The van der Waals surface area contributed by atoms with Crippen molar-refractivity contribution < 1.29 is 14.3 Å². The molecule has 0 spiro atoms. The van der Waals surface area contributed by atoms with Crippen molar-refractivity contribution in [2.45, 2.75) is 25.8 Å². The number of rotatable bonds is 9. The molecular weight excluding hydrogens is 340 g/mol. The van der Waals surface area contributed by atoms with Gasteiger partial charge in [-0.3, -0.25) is 4.79 Å². The lowest BCUT2D eigenvalue weighted by atomic mass is 10.0. The van der Waals surface area contributed by atoms with Gasteiger partial charge in [-0.1, -0.05) is 37.3 Å². The highest BCUT2D eigenvalue weighted by Crippen LogP contribution is 2.25. The quantitative estimate of drug-likeness (QED) is 0.736. The second-order valence-electron chi connectivity index (χ2n) is 6.73. The Morgan fingerprint density at radius 1 is 1.07 bits per heavy atom. The highest BCUT2D eigenvalue weighted by atomic mass is 16.5. The van der Waals surface area contributed by atoms with Crippen LogP contribution in [0.3, 0.4) is 0 Å². The van der Waals surface area contributed by atoms with Gasteiger partial charge in [0.05, 0.1) is 26.7 Å². The molecule has 0 aromatic heterocycles. The van der Waals surface area contributed by atoms with E-state index >= 15 is 0 Å². The first kappa shape index (κ1) is 20.8. The van der Waals surface area contributed by atoms with Crippen LogP contribution in [0.4, 0.5) is 0 Å². The van der Waals surface area contributed by atoms with E-state index in [4.69, 9.17) is 9.47 Å². The maximum atomic E-state index is 12.5. The van der Waals surface area contributed by atoms with E-state index in [0.717, 1.165) is 12.0 Å². The van der Waals surface area contributed by atoms with E-state index in [1.54, 1.807) is 20.3 Å². The van der Waals surface area contributed by atoms with Gasteiger partial charge in [-0.2, -0.15) is 0 Å². The van der Waals surface area contributed by atoms with Crippen molar-refractivity contribution >= 4 is 5.91 Å². The number of benzene rings is 2. The van der Waals surface area contributed by atoms with Crippen LogP contribution in [0.5, 0.6) is 11.5 Å². The number of carbonyl (C=O) groups is 1. The molecule has 146 valence electrons. The summed E-state index contributed by atoms with van der Waals surface area (Å²) in [6.07, 6.45) is 1.29. The summed E-state index contributed by atoms with van der Waals surface area (Å²) in [5.74, 6) is 1.33. The minimum Gasteiger partial charge on any atom is -0.497 e. The molecule has 0 aliphatic heterocycles. The van der Waals surface area contributed by atoms with E-state index in [-0.39, 0.29) is 18.4 Å². The van der Waals surface area contributed by atoms with Gasteiger partial charge in [0.2, 0.25) is 5.91 Å². The first-order chi connectivity index (χ1) is 13.0. The van der Waals surface area contributed by atoms with Crippen molar-refractivity contribution in [3.05, 3.63) is 59.2 Å². The molecule has 5 heteroatoms. The summed E-state index contributed by atoms with van der Waals surface area (Å²) in [5, 5.41) is 3.05. The maximum Gasteiger partial charge on any atom is 0.224 e. The molecule has 1 unspecified atom stereocenters. The third kappa shape index (κ3) is 5.73. The zero-order chi connectivity index (χ0) is 19.8. The Morgan fingerprint density at radius 3 is 2.33 bits per heavy atom. The lowest BCUT2D eigenvalue weighted by molar-refractivity contribution is -0.120. The second-order valence-corrected chi connectivity index (χ2v) is 6.73. The Balaban J connectivity index is 2.01. The van der Waals surface area contributed by atoms with Crippen LogP contribution < -0.4 is 14.8 Å². The number of methoxy groups -OCH3 is 2. The molecule has 1 amide bonds. The Labute approximate surface area is 162 Å². The number of amides is 1. The molecule has 0 aliphatic rings. The molecule has 0 fully saturated rings. The SMILES string of the molecule is CCc1ccc(C(CNC(=O)Cc2ccc(OC)cc2OC)N(C)C)cc1. The monoisotopic (exact) mass is 370 g/mol. The molecule has 27 heavy (non-hydrogen) atoms. The summed E-state index contributed by atoms with van der Waals surface area (Å²) in [6.45, 7) is 2.70. The number of ether oxygens (including phenoxy) is 2. The third-order valence-electron chi connectivity index (χ3n) is 4.73. The van der Waals surface area contributed by atoms with Crippen LogP contribution in [-0.2, 0) is 17.6 Å². The van der Waals surface area contributed by atoms with Crippen LogP contribution in [0.15, 0.2) is 42.5 Å². The predicted molar refractivity (Wildman–Crippen MR) is 109 cm³/mol. The van der Waals surface area contributed by atoms with Gasteiger partial charge >= 0.3 is 0 Å². The minimum absolute atomic E-state index is 0.0319. The highest BCUT2D eigenvalue weighted by Gasteiger charge is 2.16. The maximum absolute atomic E-state index is 12.5. The van der Waals surface area contributed by atoms with Crippen molar-refractivity contribution in [2.75, 3.05) is 34.9 Å². The molecule has 5 nitrogen and oxygen atoms in total.